The molecule has 8 nitrogen and oxygen atoms in total. The normalized spacial score (nSPS) is 12.6. The van der Waals surface area contributed by atoms with E-state index < -0.39 is 36.0 Å². The number of nitrogens with zero attached hydrogens (tertiary/aromatic N) is 1. The van der Waals surface area contributed by atoms with E-state index in [0.717, 1.165) is 0 Å². The van der Waals surface area contributed by atoms with Crippen LogP contribution in [-0.2, 0) is 9.59 Å². The van der Waals surface area contributed by atoms with E-state index in [0.29, 0.717) is 0 Å². The zero-order chi connectivity index (χ0) is 15.2. The Morgan fingerprint density at radius 2 is 1.79 bits per heavy atom. The molecule has 0 rings (SSSR count). The van der Waals surface area contributed by atoms with Crippen molar-refractivity contribution < 1.29 is 29.7 Å². The van der Waals surface area contributed by atoms with Gasteiger partial charge in [0.15, 0.2) is 0 Å². The van der Waals surface area contributed by atoms with Gasteiger partial charge in [-0.1, -0.05) is 0 Å². The third kappa shape index (κ3) is 7.24. The van der Waals surface area contributed by atoms with Gasteiger partial charge in [-0.2, -0.15) is 0 Å². The minimum absolute atomic E-state index is 0.00867. The van der Waals surface area contributed by atoms with Crippen LogP contribution in [0.4, 0.5) is 4.79 Å². The van der Waals surface area contributed by atoms with Crippen LogP contribution in [0, 0.1) is 0 Å². The lowest BCUT2D eigenvalue weighted by atomic mass is 10.1. The molecule has 0 aromatic carbocycles. The SMILES string of the molecule is CCN(CC(C)(C)O)C(=O)N[C@@H](CC(=O)O)C(=O)O. The first-order valence-corrected chi connectivity index (χ1v) is 5.79. The van der Waals surface area contributed by atoms with E-state index >= 15 is 0 Å². The molecule has 19 heavy (non-hydrogen) atoms. The van der Waals surface area contributed by atoms with Gasteiger partial charge >= 0.3 is 18.0 Å². The van der Waals surface area contributed by atoms with Gasteiger partial charge in [-0.05, 0) is 20.8 Å². The van der Waals surface area contributed by atoms with E-state index in [2.05, 4.69) is 5.32 Å². The summed E-state index contributed by atoms with van der Waals surface area (Å²) in [5, 5.41) is 29.1. The zero-order valence-corrected chi connectivity index (χ0v) is 11.2. The Bertz CT molecular complexity index is 350. The first-order valence-electron chi connectivity index (χ1n) is 5.79. The van der Waals surface area contributed by atoms with Crippen molar-refractivity contribution in [2.45, 2.75) is 38.8 Å². The summed E-state index contributed by atoms with van der Waals surface area (Å²) in [6.45, 7) is 4.95. The lowest BCUT2D eigenvalue weighted by Crippen LogP contribution is -2.51. The highest BCUT2D eigenvalue weighted by Gasteiger charge is 2.27. The Balaban J connectivity index is 4.68. The lowest BCUT2D eigenvalue weighted by molar-refractivity contribution is -0.145. The van der Waals surface area contributed by atoms with Crippen LogP contribution >= 0.6 is 0 Å². The molecule has 0 unspecified atom stereocenters. The summed E-state index contributed by atoms with van der Waals surface area (Å²) in [4.78, 5) is 34.3. The van der Waals surface area contributed by atoms with E-state index in [-0.39, 0.29) is 13.1 Å². The molecule has 0 spiro atoms. The van der Waals surface area contributed by atoms with Gasteiger partial charge in [-0.3, -0.25) is 4.79 Å². The average Bonchev–Trinajstić information content (AvgIpc) is 2.22. The molecule has 0 aromatic rings. The number of urea groups is 1. The van der Waals surface area contributed by atoms with Crippen LogP contribution in [0.1, 0.15) is 27.2 Å². The molecule has 110 valence electrons. The summed E-state index contributed by atoms with van der Waals surface area (Å²) in [7, 11) is 0. The van der Waals surface area contributed by atoms with Gasteiger partial charge in [0.05, 0.1) is 18.6 Å². The van der Waals surface area contributed by atoms with Crippen LogP contribution in [0.15, 0.2) is 0 Å². The summed E-state index contributed by atoms with van der Waals surface area (Å²) >= 11 is 0. The van der Waals surface area contributed by atoms with Crippen LogP contribution in [0.3, 0.4) is 0 Å². The molecule has 0 radical (unpaired) electrons. The van der Waals surface area contributed by atoms with Crippen molar-refractivity contribution in [1.82, 2.24) is 10.2 Å². The maximum Gasteiger partial charge on any atom is 0.326 e. The number of rotatable bonds is 7. The molecular formula is C11H20N2O6. The second-order valence-corrected chi connectivity index (χ2v) is 4.76. The minimum Gasteiger partial charge on any atom is -0.481 e. The van der Waals surface area contributed by atoms with Gasteiger partial charge in [0, 0.05) is 6.54 Å². The average molecular weight is 276 g/mol. The van der Waals surface area contributed by atoms with Gasteiger partial charge in [0.2, 0.25) is 0 Å². The van der Waals surface area contributed by atoms with Gasteiger partial charge in [-0.15, -0.1) is 0 Å². The van der Waals surface area contributed by atoms with Crippen molar-refractivity contribution in [2.75, 3.05) is 13.1 Å². The molecule has 0 bridgehead atoms. The Labute approximate surface area is 111 Å². The van der Waals surface area contributed by atoms with Crippen molar-refractivity contribution in [3.8, 4) is 0 Å². The molecular weight excluding hydrogens is 256 g/mol. The summed E-state index contributed by atoms with van der Waals surface area (Å²) < 4.78 is 0. The predicted octanol–water partition coefficient (Wildman–Crippen LogP) is -0.283. The van der Waals surface area contributed by atoms with Crippen LogP contribution in [0.5, 0.6) is 0 Å². The maximum absolute atomic E-state index is 11.8. The van der Waals surface area contributed by atoms with Crippen LogP contribution < -0.4 is 5.32 Å². The number of likely N-dealkylation sites (N-methyl/N-ethyl adjacent to an activating group) is 1. The molecule has 4 N–H and O–H groups in total. The quantitative estimate of drug-likeness (QED) is 0.506. The number of carboxylic acid groups (broad SMARTS) is 2. The third-order valence-corrected chi connectivity index (χ3v) is 2.22. The predicted molar refractivity (Wildman–Crippen MR) is 65.8 cm³/mol. The Hall–Kier alpha value is -1.83. The highest BCUT2D eigenvalue weighted by Crippen LogP contribution is 2.05. The summed E-state index contributed by atoms with van der Waals surface area (Å²) in [6, 6.07) is -2.22. The molecule has 0 heterocycles. The van der Waals surface area contributed by atoms with Crippen LogP contribution in [0.25, 0.3) is 0 Å². The largest absolute Gasteiger partial charge is 0.481 e. The van der Waals surface area contributed by atoms with E-state index in [1.807, 2.05) is 0 Å². The van der Waals surface area contributed by atoms with Crippen molar-refractivity contribution in [3.05, 3.63) is 0 Å². The van der Waals surface area contributed by atoms with Crippen molar-refractivity contribution in [1.29, 1.82) is 0 Å². The molecule has 0 aliphatic carbocycles. The van der Waals surface area contributed by atoms with Gasteiger partial charge in [0.1, 0.15) is 6.04 Å². The first kappa shape index (κ1) is 17.2. The van der Waals surface area contributed by atoms with E-state index in [4.69, 9.17) is 10.2 Å². The highest BCUT2D eigenvalue weighted by molar-refractivity contribution is 5.86. The lowest BCUT2D eigenvalue weighted by Gasteiger charge is -2.29. The number of aliphatic carboxylic acids is 2. The number of aliphatic hydroxyl groups is 1. The number of hydrogen-bond acceptors (Lipinski definition) is 4. The zero-order valence-electron chi connectivity index (χ0n) is 11.2. The van der Waals surface area contributed by atoms with Crippen molar-refractivity contribution >= 4 is 18.0 Å². The fourth-order valence-electron chi connectivity index (χ4n) is 1.41. The summed E-state index contributed by atoms with van der Waals surface area (Å²) in [6.07, 6.45) is -0.707. The topological polar surface area (TPSA) is 127 Å². The van der Waals surface area contributed by atoms with Crippen molar-refractivity contribution in [3.63, 3.8) is 0 Å². The van der Waals surface area contributed by atoms with E-state index in [9.17, 15) is 19.5 Å². The molecule has 1 atom stereocenters. The third-order valence-electron chi connectivity index (χ3n) is 2.22. The Kier molecular flexibility index (Phi) is 6.26. The molecule has 0 fully saturated rings. The minimum atomic E-state index is -1.50. The van der Waals surface area contributed by atoms with Crippen LogP contribution in [-0.4, -0.2) is 62.9 Å². The monoisotopic (exact) mass is 276 g/mol. The van der Waals surface area contributed by atoms with Gasteiger partial charge < -0.3 is 25.5 Å². The highest BCUT2D eigenvalue weighted by atomic mass is 16.4. The molecule has 8 heteroatoms. The molecule has 0 aliphatic rings. The van der Waals surface area contributed by atoms with Gasteiger partial charge in [0.25, 0.3) is 0 Å². The number of nitrogens with one attached hydrogen (secondary N) is 1. The molecule has 0 saturated heterocycles. The summed E-state index contributed by atoms with van der Waals surface area (Å²) in [5.41, 5.74) is -1.13. The fourth-order valence-corrected chi connectivity index (χ4v) is 1.41. The Morgan fingerprint density at radius 1 is 1.26 bits per heavy atom. The smallest absolute Gasteiger partial charge is 0.326 e. The molecule has 0 aliphatic heterocycles. The maximum atomic E-state index is 11.8. The molecule has 2 amide bonds. The fraction of sp³-hybridized carbons (Fsp3) is 0.727. The van der Waals surface area contributed by atoms with Crippen molar-refractivity contribution in [2.24, 2.45) is 0 Å². The van der Waals surface area contributed by atoms with E-state index in [1.54, 1.807) is 6.92 Å². The van der Waals surface area contributed by atoms with Gasteiger partial charge in [-0.25, -0.2) is 9.59 Å². The number of amides is 2. The van der Waals surface area contributed by atoms with E-state index in [1.165, 1.54) is 18.7 Å². The summed E-state index contributed by atoms with van der Waals surface area (Å²) in [5.74, 6) is -2.74. The second kappa shape index (κ2) is 6.93. The first-order chi connectivity index (χ1) is 8.56. The second-order valence-electron chi connectivity index (χ2n) is 4.76. The Morgan fingerprint density at radius 3 is 2.11 bits per heavy atom. The van der Waals surface area contributed by atoms with Crippen LogP contribution in [0.2, 0.25) is 0 Å². The number of carbonyl (C=O) groups is 3. The standard InChI is InChI=1S/C11H20N2O6/c1-4-13(6-11(2,3)19)10(18)12-7(9(16)17)5-8(14)15/h7,19H,4-6H2,1-3H3,(H,12,18)(H,14,15)(H,16,17)/t7-/m0/s1. The number of hydrogen-bond donors (Lipinski definition) is 4. The number of carbonyl (C=O) groups excluding carboxylic acids is 1. The molecule has 0 saturated carbocycles. The molecule has 0 aromatic heterocycles. The number of carboxylic acids is 2.